The number of carbonyl (C=O) groups is 1. The minimum absolute atomic E-state index is 0.0373. The van der Waals surface area contributed by atoms with Crippen LogP contribution in [0.5, 0.6) is 0 Å². The Bertz CT molecular complexity index is 1140. The van der Waals surface area contributed by atoms with E-state index in [9.17, 15) is 22.0 Å². The van der Waals surface area contributed by atoms with Gasteiger partial charge in [0.25, 0.3) is 10.0 Å². The summed E-state index contributed by atoms with van der Waals surface area (Å²) in [5, 5.41) is 3.93. The van der Waals surface area contributed by atoms with Crippen molar-refractivity contribution in [3.05, 3.63) is 52.9 Å². The van der Waals surface area contributed by atoms with Crippen molar-refractivity contribution in [2.75, 3.05) is 19.5 Å². The van der Waals surface area contributed by atoms with Gasteiger partial charge in [-0.1, -0.05) is 0 Å². The van der Waals surface area contributed by atoms with E-state index in [0.717, 1.165) is 28.5 Å². The van der Waals surface area contributed by atoms with Gasteiger partial charge in [-0.05, 0) is 31.5 Å². The van der Waals surface area contributed by atoms with Gasteiger partial charge in [0.2, 0.25) is 0 Å². The number of halogens is 2. The Hall–Kier alpha value is -2.41. The molecule has 1 fully saturated rings. The fourth-order valence-electron chi connectivity index (χ4n) is 4.43. The summed E-state index contributed by atoms with van der Waals surface area (Å²) in [5.74, 6) is -1.75. The largest absolute Gasteiger partial charge is 0.465 e. The van der Waals surface area contributed by atoms with Crippen molar-refractivity contribution in [3.8, 4) is 0 Å². The van der Waals surface area contributed by atoms with Crippen LogP contribution in [0.25, 0.3) is 0 Å². The van der Waals surface area contributed by atoms with Gasteiger partial charge in [0.05, 0.1) is 31.4 Å². The van der Waals surface area contributed by atoms with Gasteiger partial charge < -0.3 is 15.2 Å². The average molecular weight is 470 g/mol. The van der Waals surface area contributed by atoms with E-state index in [1.165, 1.54) is 6.20 Å². The van der Waals surface area contributed by atoms with Crippen LogP contribution >= 0.6 is 0 Å². The Balaban J connectivity index is 1.60. The molecule has 2 aromatic rings. The first-order valence-corrected chi connectivity index (χ1v) is 12.0. The molecule has 0 saturated carbocycles. The van der Waals surface area contributed by atoms with Crippen molar-refractivity contribution in [2.45, 2.75) is 44.1 Å². The van der Waals surface area contributed by atoms with Gasteiger partial charge in [0.1, 0.15) is 23.8 Å². The first-order valence-electron chi connectivity index (χ1n) is 10.1. The lowest BCUT2D eigenvalue weighted by Crippen LogP contribution is -2.50. The second kappa shape index (κ2) is 8.50. The van der Waals surface area contributed by atoms with Crippen LogP contribution in [0.3, 0.4) is 0 Å². The number of aromatic nitrogens is 2. The first-order chi connectivity index (χ1) is 15.1. The molecule has 12 heteroatoms. The number of hydrogen-bond acceptors (Lipinski definition) is 8. The van der Waals surface area contributed by atoms with E-state index in [0.29, 0.717) is 17.7 Å². The summed E-state index contributed by atoms with van der Waals surface area (Å²) in [7, 11) is -3.67. The van der Waals surface area contributed by atoms with E-state index in [4.69, 9.17) is 15.2 Å². The fraction of sp³-hybridized carbons (Fsp3) is 0.500. The van der Waals surface area contributed by atoms with Crippen LogP contribution in [0.15, 0.2) is 24.4 Å². The summed E-state index contributed by atoms with van der Waals surface area (Å²) in [5.41, 5.74) is 7.13. The monoisotopic (exact) mass is 470 g/mol. The molecule has 0 amide bonds. The third kappa shape index (κ3) is 4.03. The molecule has 174 valence electrons. The molecule has 9 nitrogen and oxygen atoms in total. The molecule has 1 aromatic heterocycles. The summed E-state index contributed by atoms with van der Waals surface area (Å²) in [6.45, 7) is 2.03. The van der Waals surface area contributed by atoms with Crippen LogP contribution in [-0.2, 0) is 30.8 Å². The van der Waals surface area contributed by atoms with Crippen molar-refractivity contribution < 1.29 is 31.5 Å². The SMILES string of the molecule is CCOC(=O)[C@H]1c2cnn(S(C)(=O)=O)c2CN1[C@H]1CO[C@H](c2cc(F)ccc2F)[C@@H](N)C1. The van der Waals surface area contributed by atoms with E-state index in [1.807, 2.05) is 0 Å². The van der Waals surface area contributed by atoms with Crippen molar-refractivity contribution in [2.24, 2.45) is 5.73 Å². The summed E-state index contributed by atoms with van der Waals surface area (Å²) in [6, 6.07) is 1.18. The maximum absolute atomic E-state index is 14.2. The van der Waals surface area contributed by atoms with Crippen LogP contribution in [0, 0.1) is 11.6 Å². The van der Waals surface area contributed by atoms with E-state index < -0.39 is 45.8 Å². The number of benzene rings is 1. The zero-order chi connectivity index (χ0) is 23.2. The second-order valence-electron chi connectivity index (χ2n) is 7.95. The highest BCUT2D eigenvalue weighted by atomic mass is 32.2. The van der Waals surface area contributed by atoms with Gasteiger partial charge >= 0.3 is 5.97 Å². The highest BCUT2D eigenvalue weighted by Crippen LogP contribution is 2.40. The van der Waals surface area contributed by atoms with E-state index in [1.54, 1.807) is 11.8 Å². The van der Waals surface area contributed by atoms with Crippen LogP contribution in [0.4, 0.5) is 8.78 Å². The van der Waals surface area contributed by atoms with Gasteiger partial charge in [-0.15, -0.1) is 0 Å². The fourth-order valence-corrected chi connectivity index (χ4v) is 5.21. The molecule has 1 aromatic carbocycles. The maximum atomic E-state index is 14.2. The third-order valence-electron chi connectivity index (χ3n) is 5.78. The molecule has 3 heterocycles. The lowest BCUT2D eigenvalue weighted by Gasteiger charge is -2.40. The molecule has 0 unspecified atom stereocenters. The Labute approximate surface area is 184 Å². The van der Waals surface area contributed by atoms with Gasteiger partial charge in [-0.2, -0.15) is 9.19 Å². The summed E-state index contributed by atoms with van der Waals surface area (Å²) in [6.07, 6.45) is 1.85. The Morgan fingerprint density at radius 2 is 2.09 bits per heavy atom. The average Bonchev–Trinajstić information content (AvgIpc) is 3.29. The van der Waals surface area contributed by atoms with Gasteiger partial charge in [-0.25, -0.2) is 22.0 Å². The molecular formula is C20H24F2N4O5S. The van der Waals surface area contributed by atoms with Gasteiger partial charge in [0, 0.05) is 29.8 Å². The summed E-state index contributed by atoms with van der Waals surface area (Å²) >= 11 is 0. The van der Waals surface area contributed by atoms with Crippen LogP contribution in [0.1, 0.15) is 42.3 Å². The van der Waals surface area contributed by atoms with E-state index in [2.05, 4.69) is 5.10 Å². The Morgan fingerprint density at radius 1 is 1.34 bits per heavy atom. The highest BCUT2D eigenvalue weighted by Gasteiger charge is 2.46. The molecule has 4 atom stereocenters. The number of rotatable bonds is 5. The number of ether oxygens (including phenoxy) is 2. The quantitative estimate of drug-likeness (QED) is 0.649. The Morgan fingerprint density at radius 3 is 2.75 bits per heavy atom. The maximum Gasteiger partial charge on any atom is 0.328 e. The van der Waals surface area contributed by atoms with E-state index >= 15 is 0 Å². The second-order valence-corrected chi connectivity index (χ2v) is 9.76. The minimum atomic E-state index is -3.67. The molecule has 0 spiro atoms. The Kier molecular flexibility index (Phi) is 6.05. The van der Waals surface area contributed by atoms with Crippen LogP contribution in [-0.4, -0.2) is 60.0 Å². The van der Waals surface area contributed by atoms with Crippen LogP contribution in [0.2, 0.25) is 0 Å². The smallest absolute Gasteiger partial charge is 0.328 e. The molecule has 2 aliphatic rings. The molecular weight excluding hydrogens is 446 g/mol. The minimum Gasteiger partial charge on any atom is -0.465 e. The molecule has 0 radical (unpaired) electrons. The van der Waals surface area contributed by atoms with Crippen molar-refractivity contribution in [1.29, 1.82) is 0 Å². The van der Waals surface area contributed by atoms with Crippen molar-refractivity contribution in [1.82, 2.24) is 14.1 Å². The molecule has 0 aliphatic carbocycles. The molecule has 2 aliphatic heterocycles. The number of fused-ring (bicyclic) bond motifs is 1. The summed E-state index contributed by atoms with van der Waals surface area (Å²) in [4.78, 5) is 14.5. The zero-order valence-corrected chi connectivity index (χ0v) is 18.4. The molecule has 0 bridgehead atoms. The summed E-state index contributed by atoms with van der Waals surface area (Å²) < 4.78 is 64.0. The third-order valence-corrected chi connectivity index (χ3v) is 6.73. The topological polar surface area (TPSA) is 117 Å². The van der Waals surface area contributed by atoms with Gasteiger partial charge in [-0.3, -0.25) is 4.90 Å². The predicted octanol–water partition coefficient (Wildman–Crippen LogP) is 1.25. The number of carbonyl (C=O) groups excluding carboxylic acids is 1. The number of nitrogens with zero attached hydrogens (tertiary/aromatic N) is 3. The standard InChI is InChI=1S/C20H24F2N4O5S/c1-3-30-20(27)18-14-8-24-26(32(2,28)29)17(14)9-25(18)12-7-16(23)19(31-10-12)13-6-11(21)4-5-15(13)22/h4-6,8,12,16,18-19H,3,7,9-10,23H2,1-2H3/t12-,16+,18-,19-/m1/s1. The first kappa shape index (κ1) is 22.8. The van der Waals surface area contributed by atoms with Gasteiger partial charge in [0.15, 0.2) is 0 Å². The number of nitrogens with two attached hydrogens (primary N) is 1. The molecule has 4 rings (SSSR count). The van der Waals surface area contributed by atoms with Crippen molar-refractivity contribution in [3.63, 3.8) is 0 Å². The lowest BCUT2D eigenvalue weighted by molar-refractivity contribution is -0.152. The number of esters is 1. The van der Waals surface area contributed by atoms with Crippen molar-refractivity contribution >= 4 is 16.0 Å². The molecule has 32 heavy (non-hydrogen) atoms. The molecule has 1 saturated heterocycles. The van der Waals surface area contributed by atoms with E-state index in [-0.39, 0.29) is 31.4 Å². The predicted molar refractivity (Wildman–Crippen MR) is 109 cm³/mol. The molecule has 2 N–H and O–H groups in total. The lowest BCUT2D eigenvalue weighted by atomic mass is 9.93. The zero-order valence-electron chi connectivity index (χ0n) is 17.6. The highest BCUT2D eigenvalue weighted by molar-refractivity contribution is 7.89. The number of hydrogen-bond donors (Lipinski definition) is 1. The normalized spacial score (nSPS) is 26.2. The van der Waals surface area contributed by atoms with Crippen LogP contribution < -0.4 is 5.73 Å².